The molecule has 4 nitrogen and oxygen atoms in total. The first kappa shape index (κ1) is 20.1. The highest BCUT2D eigenvalue weighted by Crippen LogP contribution is 2.35. The number of nitrogens with zero attached hydrogens (tertiary/aromatic N) is 2. The van der Waals surface area contributed by atoms with Crippen molar-refractivity contribution in [2.24, 2.45) is 0 Å². The molecule has 1 unspecified atom stereocenters. The molecule has 28 heavy (non-hydrogen) atoms. The van der Waals surface area contributed by atoms with Gasteiger partial charge in [-0.1, -0.05) is 61.4 Å². The molecule has 0 aliphatic carbocycles. The monoisotopic (exact) mass is 392 g/mol. The van der Waals surface area contributed by atoms with Gasteiger partial charge < -0.3 is 5.11 Å². The van der Waals surface area contributed by atoms with Crippen LogP contribution < -0.4 is 0 Å². The van der Waals surface area contributed by atoms with Crippen molar-refractivity contribution in [1.29, 1.82) is 0 Å². The Bertz CT molecular complexity index is 956. The van der Waals surface area contributed by atoms with Crippen LogP contribution in [0, 0.1) is 13.8 Å². The molecular weight excluding hydrogens is 368 g/mol. The molecule has 3 aromatic rings. The molecule has 1 N–H and O–H groups in total. The molecule has 0 aliphatic heterocycles. The van der Waals surface area contributed by atoms with Crippen LogP contribution in [-0.2, 0) is 4.79 Å². The summed E-state index contributed by atoms with van der Waals surface area (Å²) in [6.07, 6.45) is 1.34. The Kier molecular flexibility index (Phi) is 6.47. The lowest BCUT2D eigenvalue weighted by Gasteiger charge is -2.19. The zero-order valence-electron chi connectivity index (χ0n) is 16.3. The van der Waals surface area contributed by atoms with Crippen LogP contribution in [-0.4, -0.2) is 21.0 Å². The van der Waals surface area contributed by atoms with Crippen molar-refractivity contribution in [1.82, 2.24) is 9.97 Å². The van der Waals surface area contributed by atoms with Crippen LogP contribution in [0.15, 0.2) is 64.6 Å². The van der Waals surface area contributed by atoms with E-state index in [0.717, 1.165) is 33.7 Å². The molecule has 0 saturated heterocycles. The van der Waals surface area contributed by atoms with Crippen molar-refractivity contribution in [2.45, 2.75) is 49.6 Å². The van der Waals surface area contributed by atoms with Gasteiger partial charge in [0.25, 0.3) is 0 Å². The lowest BCUT2D eigenvalue weighted by Crippen LogP contribution is -2.16. The van der Waals surface area contributed by atoms with Crippen molar-refractivity contribution < 1.29 is 9.90 Å². The Morgan fingerprint density at radius 3 is 2.32 bits per heavy atom. The number of hydrogen-bond acceptors (Lipinski definition) is 4. The van der Waals surface area contributed by atoms with Gasteiger partial charge in [-0.15, -0.1) is 0 Å². The van der Waals surface area contributed by atoms with Gasteiger partial charge in [-0.25, -0.2) is 9.97 Å². The third-order valence-corrected chi connectivity index (χ3v) is 5.49. The van der Waals surface area contributed by atoms with Gasteiger partial charge in [-0.2, -0.15) is 0 Å². The minimum Gasteiger partial charge on any atom is -0.481 e. The zero-order chi connectivity index (χ0) is 20.1. The predicted molar refractivity (Wildman–Crippen MR) is 113 cm³/mol. The summed E-state index contributed by atoms with van der Waals surface area (Å²) in [7, 11) is 0. The lowest BCUT2D eigenvalue weighted by atomic mass is 9.89. The van der Waals surface area contributed by atoms with Gasteiger partial charge in [0, 0.05) is 21.7 Å². The van der Waals surface area contributed by atoms with E-state index in [4.69, 9.17) is 4.98 Å². The molecule has 0 radical (unpaired) electrons. The summed E-state index contributed by atoms with van der Waals surface area (Å²) in [6.45, 7) is 5.91. The Morgan fingerprint density at radius 2 is 1.71 bits per heavy atom. The Balaban J connectivity index is 2.15. The molecule has 1 heterocycles. The second-order valence-electron chi connectivity index (χ2n) is 6.81. The minimum absolute atomic E-state index is 0.559. The molecule has 0 saturated carbocycles. The van der Waals surface area contributed by atoms with Crippen LogP contribution in [0.3, 0.4) is 0 Å². The highest BCUT2D eigenvalue weighted by Gasteiger charge is 2.27. The molecule has 144 valence electrons. The normalized spacial score (nSPS) is 12.0. The first-order valence-electron chi connectivity index (χ1n) is 9.41. The standard InChI is InChI=1S/C23H24N2O2S/c1-4-8-19(22(26)27)20-16(3)24-23(28-18-9-6-5-7-10-18)25-21(20)17-13-11-15(2)12-14-17/h5-7,9-14,19H,4,8H2,1-3H3,(H,26,27). The Labute approximate surface area is 170 Å². The average Bonchev–Trinajstić information content (AvgIpc) is 2.67. The Morgan fingerprint density at radius 1 is 1.04 bits per heavy atom. The number of carbonyl (C=O) groups is 1. The SMILES string of the molecule is CCCC(C(=O)O)c1c(C)nc(Sc2ccccc2)nc1-c1ccc(C)cc1. The average molecular weight is 393 g/mol. The Hall–Kier alpha value is -2.66. The van der Waals surface area contributed by atoms with Crippen LogP contribution in [0.25, 0.3) is 11.3 Å². The number of carboxylic acids is 1. The maximum atomic E-state index is 12.0. The number of aromatic nitrogens is 2. The first-order valence-corrected chi connectivity index (χ1v) is 10.2. The number of hydrogen-bond donors (Lipinski definition) is 1. The van der Waals surface area contributed by atoms with Crippen LogP contribution in [0.4, 0.5) is 0 Å². The van der Waals surface area contributed by atoms with E-state index in [1.165, 1.54) is 11.8 Å². The fourth-order valence-electron chi connectivity index (χ4n) is 3.22. The summed E-state index contributed by atoms with van der Waals surface area (Å²) >= 11 is 1.49. The number of aliphatic carboxylic acids is 1. The van der Waals surface area contributed by atoms with Gasteiger partial charge in [0.2, 0.25) is 0 Å². The smallest absolute Gasteiger partial charge is 0.311 e. The van der Waals surface area contributed by atoms with Crippen molar-refractivity contribution >= 4 is 17.7 Å². The van der Waals surface area contributed by atoms with Crippen LogP contribution in [0.1, 0.15) is 42.5 Å². The zero-order valence-corrected chi connectivity index (χ0v) is 17.2. The van der Waals surface area contributed by atoms with Crippen LogP contribution in [0.5, 0.6) is 0 Å². The van der Waals surface area contributed by atoms with Crippen molar-refractivity contribution in [3.63, 3.8) is 0 Å². The quantitative estimate of drug-likeness (QED) is 0.509. The van der Waals surface area contributed by atoms with Gasteiger partial charge in [-0.3, -0.25) is 4.79 Å². The predicted octanol–water partition coefficient (Wildman–Crippen LogP) is 5.88. The van der Waals surface area contributed by atoms with Gasteiger partial charge in [0.15, 0.2) is 5.16 Å². The van der Waals surface area contributed by atoms with E-state index in [1.807, 2.05) is 75.4 Å². The van der Waals surface area contributed by atoms with Gasteiger partial charge in [0.05, 0.1) is 11.6 Å². The highest BCUT2D eigenvalue weighted by atomic mass is 32.2. The molecular formula is C23H24N2O2S. The van der Waals surface area contributed by atoms with E-state index in [-0.39, 0.29) is 0 Å². The van der Waals surface area contributed by atoms with Gasteiger partial charge in [0.1, 0.15) is 0 Å². The molecule has 1 aromatic heterocycles. The van der Waals surface area contributed by atoms with Crippen molar-refractivity contribution in [3.8, 4) is 11.3 Å². The lowest BCUT2D eigenvalue weighted by molar-refractivity contribution is -0.139. The minimum atomic E-state index is -0.828. The topological polar surface area (TPSA) is 63.1 Å². The molecule has 1 atom stereocenters. The number of benzene rings is 2. The second kappa shape index (κ2) is 9.02. The third-order valence-electron chi connectivity index (χ3n) is 4.62. The van der Waals surface area contributed by atoms with E-state index < -0.39 is 11.9 Å². The van der Waals surface area contributed by atoms with Gasteiger partial charge in [-0.05, 0) is 44.2 Å². The van der Waals surface area contributed by atoms with E-state index in [0.29, 0.717) is 17.3 Å². The molecule has 3 rings (SSSR count). The largest absolute Gasteiger partial charge is 0.481 e. The summed E-state index contributed by atoms with van der Waals surface area (Å²) in [5.74, 6) is -1.44. The van der Waals surface area contributed by atoms with Crippen LogP contribution in [0.2, 0.25) is 0 Å². The second-order valence-corrected chi connectivity index (χ2v) is 7.86. The summed E-state index contributed by atoms with van der Waals surface area (Å²) in [4.78, 5) is 22.5. The van der Waals surface area contributed by atoms with E-state index >= 15 is 0 Å². The van der Waals surface area contributed by atoms with Crippen molar-refractivity contribution in [2.75, 3.05) is 0 Å². The summed E-state index contributed by atoms with van der Waals surface area (Å²) in [5, 5.41) is 10.5. The highest BCUT2D eigenvalue weighted by molar-refractivity contribution is 7.99. The first-order chi connectivity index (χ1) is 13.5. The van der Waals surface area contributed by atoms with Crippen molar-refractivity contribution in [3.05, 3.63) is 71.4 Å². The molecule has 5 heteroatoms. The third kappa shape index (κ3) is 4.60. The molecule has 0 spiro atoms. The van der Waals surface area contributed by atoms with E-state index in [9.17, 15) is 9.90 Å². The summed E-state index contributed by atoms with van der Waals surface area (Å²) in [5.41, 5.74) is 4.23. The van der Waals surface area contributed by atoms with E-state index in [1.54, 1.807) is 0 Å². The van der Waals surface area contributed by atoms with Gasteiger partial charge >= 0.3 is 5.97 Å². The maximum absolute atomic E-state index is 12.0. The van der Waals surface area contributed by atoms with E-state index in [2.05, 4.69) is 4.98 Å². The molecule has 0 amide bonds. The number of rotatable bonds is 7. The summed E-state index contributed by atoms with van der Waals surface area (Å²) < 4.78 is 0. The number of carboxylic acid groups (broad SMARTS) is 1. The molecule has 0 bridgehead atoms. The molecule has 0 fully saturated rings. The maximum Gasteiger partial charge on any atom is 0.311 e. The fourth-order valence-corrected chi connectivity index (χ4v) is 4.05. The molecule has 2 aromatic carbocycles. The fraction of sp³-hybridized carbons (Fsp3) is 0.261. The number of aryl methyl sites for hydroxylation is 2. The molecule has 0 aliphatic rings. The van der Waals surface area contributed by atoms with Crippen LogP contribution >= 0.6 is 11.8 Å². The summed E-state index contributed by atoms with van der Waals surface area (Å²) in [6, 6.07) is 18.0.